The van der Waals surface area contributed by atoms with Crippen molar-refractivity contribution in [2.75, 3.05) is 19.8 Å². The Morgan fingerprint density at radius 1 is 1.19 bits per heavy atom. The normalized spacial score (nSPS) is 29.9. The number of alkyl halides is 3. The number of hydrogen-bond acceptors (Lipinski definition) is 3. The number of aliphatic hydroxyl groups is 1. The summed E-state index contributed by atoms with van der Waals surface area (Å²) in [7, 11) is 0. The van der Waals surface area contributed by atoms with Gasteiger partial charge in [-0.25, -0.2) is 0 Å². The Labute approximate surface area is 122 Å². The molecule has 1 aliphatic carbocycles. The van der Waals surface area contributed by atoms with E-state index in [-0.39, 0.29) is 44.1 Å². The highest BCUT2D eigenvalue weighted by Gasteiger charge is 2.43. The fourth-order valence-electron chi connectivity index (χ4n) is 3.13. The van der Waals surface area contributed by atoms with Crippen molar-refractivity contribution in [2.24, 2.45) is 11.8 Å². The minimum atomic E-state index is -4.16. The molecule has 1 amide bonds. The van der Waals surface area contributed by atoms with Crippen LogP contribution in [-0.2, 0) is 9.53 Å². The second kappa shape index (κ2) is 6.52. The minimum absolute atomic E-state index is 0.0107. The van der Waals surface area contributed by atoms with E-state index in [1.165, 1.54) is 0 Å². The van der Waals surface area contributed by atoms with Gasteiger partial charge < -0.3 is 15.2 Å². The first-order valence-corrected chi connectivity index (χ1v) is 7.44. The van der Waals surface area contributed by atoms with E-state index in [1.807, 2.05) is 0 Å². The number of hydrogen-bond donors (Lipinski definition) is 2. The molecule has 122 valence electrons. The van der Waals surface area contributed by atoms with Gasteiger partial charge in [0.1, 0.15) is 0 Å². The third-order valence-corrected chi connectivity index (χ3v) is 4.70. The molecule has 0 bridgehead atoms. The topological polar surface area (TPSA) is 58.6 Å². The van der Waals surface area contributed by atoms with E-state index in [1.54, 1.807) is 0 Å². The molecule has 0 atom stereocenters. The van der Waals surface area contributed by atoms with Crippen LogP contribution in [0.15, 0.2) is 0 Å². The molecule has 4 nitrogen and oxygen atoms in total. The zero-order valence-corrected chi connectivity index (χ0v) is 11.9. The molecule has 0 radical (unpaired) electrons. The van der Waals surface area contributed by atoms with E-state index in [4.69, 9.17) is 4.74 Å². The maximum Gasteiger partial charge on any atom is 0.391 e. The molecule has 0 aromatic carbocycles. The lowest BCUT2D eigenvalue weighted by Gasteiger charge is -2.38. The van der Waals surface area contributed by atoms with Crippen LogP contribution in [-0.4, -0.2) is 42.5 Å². The molecule has 1 saturated heterocycles. The number of amides is 1. The van der Waals surface area contributed by atoms with Crippen molar-refractivity contribution in [2.45, 2.75) is 50.2 Å². The summed E-state index contributed by atoms with van der Waals surface area (Å²) in [4.78, 5) is 12.2. The van der Waals surface area contributed by atoms with E-state index in [0.29, 0.717) is 26.1 Å². The Hall–Kier alpha value is -0.820. The van der Waals surface area contributed by atoms with Crippen molar-refractivity contribution < 1.29 is 27.8 Å². The van der Waals surface area contributed by atoms with Crippen molar-refractivity contribution >= 4 is 5.91 Å². The molecule has 2 rings (SSSR count). The van der Waals surface area contributed by atoms with Crippen LogP contribution in [0.25, 0.3) is 0 Å². The third-order valence-electron chi connectivity index (χ3n) is 4.70. The summed E-state index contributed by atoms with van der Waals surface area (Å²) in [5, 5.41) is 12.4. The first kappa shape index (κ1) is 16.5. The fourth-order valence-corrected chi connectivity index (χ4v) is 3.13. The second-order valence-corrected chi connectivity index (χ2v) is 6.13. The Balaban J connectivity index is 1.87. The molecule has 2 N–H and O–H groups in total. The number of carbonyl (C=O) groups is 1. The number of rotatable bonds is 3. The monoisotopic (exact) mass is 309 g/mol. The van der Waals surface area contributed by atoms with Crippen molar-refractivity contribution in [3.63, 3.8) is 0 Å². The number of ether oxygens (including phenoxy) is 1. The van der Waals surface area contributed by atoms with Crippen LogP contribution in [0.2, 0.25) is 0 Å². The zero-order valence-electron chi connectivity index (χ0n) is 11.9. The van der Waals surface area contributed by atoms with Gasteiger partial charge in [-0.15, -0.1) is 0 Å². The van der Waals surface area contributed by atoms with Gasteiger partial charge in [0, 0.05) is 19.1 Å². The Morgan fingerprint density at radius 2 is 1.76 bits per heavy atom. The number of nitrogens with one attached hydrogen (secondary N) is 1. The van der Waals surface area contributed by atoms with Crippen LogP contribution in [0.1, 0.15) is 38.5 Å². The molecular formula is C14H22F3NO3. The van der Waals surface area contributed by atoms with Crippen molar-refractivity contribution in [3.8, 4) is 0 Å². The fraction of sp³-hybridized carbons (Fsp3) is 0.929. The molecule has 2 fully saturated rings. The molecule has 21 heavy (non-hydrogen) atoms. The number of aliphatic hydroxyl groups excluding tert-OH is 1. The summed E-state index contributed by atoms with van der Waals surface area (Å²) in [6, 6.07) is 0. The average molecular weight is 309 g/mol. The molecule has 1 saturated carbocycles. The molecule has 0 unspecified atom stereocenters. The van der Waals surface area contributed by atoms with Crippen molar-refractivity contribution in [3.05, 3.63) is 0 Å². The highest BCUT2D eigenvalue weighted by molar-refractivity contribution is 5.79. The van der Waals surface area contributed by atoms with E-state index in [0.717, 1.165) is 0 Å². The van der Waals surface area contributed by atoms with Crippen LogP contribution in [0.3, 0.4) is 0 Å². The van der Waals surface area contributed by atoms with Gasteiger partial charge in [-0.3, -0.25) is 4.79 Å². The number of halogens is 3. The van der Waals surface area contributed by atoms with Gasteiger partial charge in [0.2, 0.25) is 5.91 Å². The first-order chi connectivity index (χ1) is 9.86. The molecule has 2 aliphatic rings. The van der Waals surface area contributed by atoms with Crippen LogP contribution in [0.5, 0.6) is 0 Å². The standard InChI is InChI=1S/C14H22F3NO3/c15-14(16,17)11-3-1-10(2-4-11)12(20)18-13(9-19)5-7-21-8-6-13/h10-11,19H,1-9H2,(H,18,20). The van der Waals surface area contributed by atoms with Gasteiger partial charge in [0.15, 0.2) is 0 Å². The summed E-state index contributed by atoms with van der Waals surface area (Å²) >= 11 is 0. The molecule has 0 aromatic heterocycles. The molecular weight excluding hydrogens is 287 g/mol. The van der Waals surface area contributed by atoms with Crippen LogP contribution in [0, 0.1) is 11.8 Å². The van der Waals surface area contributed by atoms with Crippen LogP contribution < -0.4 is 5.32 Å². The van der Waals surface area contributed by atoms with Gasteiger partial charge in [-0.05, 0) is 38.5 Å². The van der Waals surface area contributed by atoms with Crippen molar-refractivity contribution in [1.29, 1.82) is 0 Å². The van der Waals surface area contributed by atoms with E-state index < -0.39 is 17.6 Å². The quantitative estimate of drug-likeness (QED) is 0.838. The maximum absolute atomic E-state index is 12.6. The van der Waals surface area contributed by atoms with Gasteiger partial charge >= 0.3 is 6.18 Å². The molecule has 7 heteroatoms. The van der Waals surface area contributed by atoms with Gasteiger partial charge in [0.25, 0.3) is 0 Å². The highest BCUT2D eigenvalue weighted by Crippen LogP contribution is 2.39. The summed E-state index contributed by atoms with van der Waals surface area (Å²) in [6.45, 7) is 0.781. The molecule has 0 aromatic rings. The minimum Gasteiger partial charge on any atom is -0.394 e. The zero-order chi connectivity index (χ0) is 15.5. The summed E-state index contributed by atoms with van der Waals surface area (Å²) in [5.41, 5.74) is -0.670. The number of carbonyl (C=O) groups excluding carboxylic acids is 1. The van der Waals surface area contributed by atoms with E-state index >= 15 is 0 Å². The molecule has 0 spiro atoms. The van der Waals surface area contributed by atoms with Crippen LogP contribution >= 0.6 is 0 Å². The average Bonchev–Trinajstić information content (AvgIpc) is 2.47. The third kappa shape index (κ3) is 4.10. The summed E-state index contributed by atoms with van der Waals surface area (Å²) in [6.07, 6.45) is -2.55. The lowest BCUT2D eigenvalue weighted by molar-refractivity contribution is -0.184. The van der Waals surface area contributed by atoms with E-state index in [9.17, 15) is 23.1 Å². The predicted octanol–water partition coefficient (Wildman–Crippen LogP) is 2.01. The predicted molar refractivity (Wildman–Crippen MR) is 69.5 cm³/mol. The summed E-state index contributed by atoms with van der Waals surface area (Å²) < 4.78 is 43.0. The molecule has 1 aliphatic heterocycles. The van der Waals surface area contributed by atoms with Crippen molar-refractivity contribution in [1.82, 2.24) is 5.32 Å². The highest BCUT2D eigenvalue weighted by atomic mass is 19.4. The van der Waals surface area contributed by atoms with Gasteiger partial charge in [-0.1, -0.05) is 0 Å². The molecule has 1 heterocycles. The largest absolute Gasteiger partial charge is 0.394 e. The second-order valence-electron chi connectivity index (χ2n) is 6.13. The van der Waals surface area contributed by atoms with Gasteiger partial charge in [-0.2, -0.15) is 13.2 Å². The van der Waals surface area contributed by atoms with E-state index in [2.05, 4.69) is 5.32 Å². The Kier molecular flexibility index (Phi) is 5.14. The Bertz CT molecular complexity index is 359. The SMILES string of the molecule is O=C(NC1(CO)CCOCC1)C1CCC(C(F)(F)F)CC1. The Morgan fingerprint density at radius 3 is 2.24 bits per heavy atom. The maximum atomic E-state index is 12.6. The summed E-state index contributed by atoms with van der Waals surface area (Å²) in [5.74, 6) is -1.89. The first-order valence-electron chi connectivity index (χ1n) is 7.44. The van der Waals surface area contributed by atoms with Gasteiger partial charge in [0.05, 0.1) is 18.1 Å². The lowest BCUT2D eigenvalue weighted by Crippen LogP contribution is -2.56. The smallest absolute Gasteiger partial charge is 0.391 e. The van der Waals surface area contributed by atoms with Crippen LogP contribution in [0.4, 0.5) is 13.2 Å². The lowest BCUT2D eigenvalue weighted by atomic mass is 9.80.